The number of aryl methyl sites for hydroxylation is 1. The first kappa shape index (κ1) is 17.0. The predicted molar refractivity (Wildman–Crippen MR) is 98.4 cm³/mol. The van der Waals surface area contributed by atoms with Gasteiger partial charge in [-0.15, -0.1) is 0 Å². The number of aliphatic hydroxyl groups is 1. The smallest absolute Gasteiger partial charge is 0.168 e. The topological polar surface area (TPSA) is 76.5 Å². The molecular weight excluding hydrogens is 318 g/mol. The number of hydrogen-bond acceptors (Lipinski definition) is 6. The summed E-state index contributed by atoms with van der Waals surface area (Å²) in [6.07, 6.45) is 1.51. The largest absolute Gasteiger partial charge is 0.493 e. The second-order valence-electron chi connectivity index (χ2n) is 5.65. The fourth-order valence-corrected chi connectivity index (χ4v) is 2.86. The maximum Gasteiger partial charge on any atom is 0.168 e. The molecule has 1 aromatic heterocycles. The number of aromatic nitrogens is 2. The summed E-state index contributed by atoms with van der Waals surface area (Å²) in [4.78, 5) is 8.59. The molecule has 130 valence electrons. The molecule has 3 aromatic rings. The lowest BCUT2D eigenvalue weighted by Crippen LogP contribution is -2.07. The molecule has 0 fully saturated rings. The number of anilines is 1. The summed E-state index contributed by atoms with van der Waals surface area (Å²) in [6.45, 7) is 2.48. The fraction of sp³-hybridized carbons (Fsp3) is 0.263. The van der Waals surface area contributed by atoms with E-state index in [-0.39, 0.29) is 6.61 Å². The van der Waals surface area contributed by atoms with Crippen LogP contribution in [0.3, 0.4) is 0 Å². The maximum atomic E-state index is 9.05. The standard InChI is InChI=1S/C19H21N3O3/c1-12-8-14(18(25-3)17(9-12)24-2)13-4-5-16-15(10-13)19(20-6-7-23)22-11-21-16/h4-5,8-11,23H,6-7H2,1-3H3,(H,20,21,22). The molecule has 3 rings (SSSR count). The van der Waals surface area contributed by atoms with Crippen LogP contribution in [0.25, 0.3) is 22.0 Å². The summed E-state index contributed by atoms with van der Waals surface area (Å²) in [7, 11) is 3.27. The molecule has 6 nitrogen and oxygen atoms in total. The van der Waals surface area contributed by atoms with E-state index in [0.29, 0.717) is 23.9 Å². The van der Waals surface area contributed by atoms with Gasteiger partial charge >= 0.3 is 0 Å². The summed E-state index contributed by atoms with van der Waals surface area (Å²) in [6, 6.07) is 9.98. The van der Waals surface area contributed by atoms with E-state index in [2.05, 4.69) is 21.4 Å². The highest BCUT2D eigenvalue weighted by Crippen LogP contribution is 2.40. The Morgan fingerprint density at radius 3 is 2.64 bits per heavy atom. The molecule has 2 N–H and O–H groups in total. The van der Waals surface area contributed by atoms with E-state index in [4.69, 9.17) is 14.6 Å². The van der Waals surface area contributed by atoms with E-state index in [9.17, 15) is 0 Å². The zero-order valence-electron chi connectivity index (χ0n) is 14.5. The second kappa shape index (κ2) is 7.36. The van der Waals surface area contributed by atoms with Gasteiger partial charge in [-0.2, -0.15) is 0 Å². The van der Waals surface area contributed by atoms with E-state index >= 15 is 0 Å². The molecule has 0 saturated heterocycles. The minimum Gasteiger partial charge on any atom is -0.493 e. The maximum absolute atomic E-state index is 9.05. The van der Waals surface area contributed by atoms with Crippen molar-refractivity contribution in [2.75, 3.05) is 32.7 Å². The van der Waals surface area contributed by atoms with Gasteiger partial charge in [0.05, 0.1) is 26.3 Å². The molecular formula is C19H21N3O3. The number of methoxy groups -OCH3 is 2. The van der Waals surface area contributed by atoms with Gasteiger partial charge in [0.1, 0.15) is 12.1 Å². The molecule has 0 saturated carbocycles. The Balaban J connectivity index is 2.18. The number of nitrogens with zero attached hydrogens (tertiary/aromatic N) is 2. The molecule has 0 aliphatic carbocycles. The van der Waals surface area contributed by atoms with Gasteiger partial charge in [0, 0.05) is 17.5 Å². The molecule has 6 heteroatoms. The van der Waals surface area contributed by atoms with Crippen LogP contribution in [-0.4, -0.2) is 42.4 Å². The Labute approximate surface area is 146 Å². The number of benzene rings is 2. The van der Waals surface area contributed by atoms with E-state index in [1.54, 1.807) is 14.2 Å². The third kappa shape index (κ3) is 3.34. The van der Waals surface area contributed by atoms with Crippen molar-refractivity contribution in [1.29, 1.82) is 0 Å². The third-order valence-corrected chi connectivity index (χ3v) is 3.97. The highest BCUT2D eigenvalue weighted by atomic mass is 16.5. The number of hydrogen-bond donors (Lipinski definition) is 2. The van der Waals surface area contributed by atoms with Gasteiger partial charge in [-0.25, -0.2) is 9.97 Å². The molecule has 0 bridgehead atoms. The Bertz CT molecular complexity index is 896. The van der Waals surface area contributed by atoms with Crippen molar-refractivity contribution in [1.82, 2.24) is 9.97 Å². The van der Waals surface area contributed by atoms with E-state index < -0.39 is 0 Å². The lowest BCUT2D eigenvalue weighted by Gasteiger charge is -2.15. The molecule has 0 unspecified atom stereocenters. The van der Waals surface area contributed by atoms with Crippen LogP contribution < -0.4 is 14.8 Å². The molecule has 1 heterocycles. The lowest BCUT2D eigenvalue weighted by molar-refractivity contribution is 0.311. The van der Waals surface area contributed by atoms with Crippen molar-refractivity contribution < 1.29 is 14.6 Å². The Morgan fingerprint density at radius 2 is 1.92 bits per heavy atom. The SMILES string of the molecule is COc1cc(C)cc(-c2ccc3ncnc(NCCO)c3c2)c1OC. The van der Waals surface area contributed by atoms with Crippen molar-refractivity contribution in [3.05, 3.63) is 42.2 Å². The zero-order valence-corrected chi connectivity index (χ0v) is 14.5. The van der Waals surface area contributed by atoms with E-state index in [1.165, 1.54) is 6.33 Å². The van der Waals surface area contributed by atoms with Crippen molar-refractivity contribution in [2.45, 2.75) is 6.92 Å². The summed E-state index contributed by atoms with van der Waals surface area (Å²) < 4.78 is 11.0. The summed E-state index contributed by atoms with van der Waals surface area (Å²) in [5.41, 5.74) is 3.83. The first-order valence-electron chi connectivity index (χ1n) is 8.00. The number of rotatable bonds is 6. The normalized spacial score (nSPS) is 10.7. The second-order valence-corrected chi connectivity index (χ2v) is 5.65. The zero-order chi connectivity index (χ0) is 17.8. The molecule has 0 aliphatic heterocycles. The first-order chi connectivity index (χ1) is 12.2. The average molecular weight is 339 g/mol. The van der Waals surface area contributed by atoms with Gasteiger partial charge in [-0.05, 0) is 42.3 Å². The van der Waals surface area contributed by atoms with Gasteiger partial charge in [0.15, 0.2) is 11.5 Å². The van der Waals surface area contributed by atoms with Crippen LogP contribution in [0, 0.1) is 6.92 Å². The van der Waals surface area contributed by atoms with Crippen LogP contribution in [0.15, 0.2) is 36.7 Å². The Kier molecular flexibility index (Phi) is 5.00. The van der Waals surface area contributed by atoms with Crippen molar-refractivity contribution in [3.8, 4) is 22.6 Å². The van der Waals surface area contributed by atoms with Gasteiger partial charge in [0.2, 0.25) is 0 Å². The van der Waals surface area contributed by atoms with Gasteiger partial charge in [-0.1, -0.05) is 6.07 Å². The Hall–Kier alpha value is -2.86. The van der Waals surface area contributed by atoms with Gasteiger partial charge < -0.3 is 19.9 Å². The minimum absolute atomic E-state index is 0.0358. The molecule has 25 heavy (non-hydrogen) atoms. The molecule has 0 radical (unpaired) electrons. The highest BCUT2D eigenvalue weighted by molar-refractivity contribution is 5.93. The summed E-state index contributed by atoms with van der Waals surface area (Å²) in [5, 5.41) is 13.1. The molecule has 0 spiro atoms. The lowest BCUT2D eigenvalue weighted by atomic mass is 10.00. The molecule has 0 amide bonds. The average Bonchev–Trinajstić information content (AvgIpc) is 2.65. The third-order valence-electron chi connectivity index (χ3n) is 3.97. The van der Waals surface area contributed by atoms with Crippen molar-refractivity contribution in [3.63, 3.8) is 0 Å². The molecule has 2 aromatic carbocycles. The predicted octanol–water partition coefficient (Wildman–Crippen LogP) is 3.03. The van der Waals surface area contributed by atoms with Crippen LogP contribution in [0.4, 0.5) is 5.82 Å². The van der Waals surface area contributed by atoms with Crippen molar-refractivity contribution >= 4 is 16.7 Å². The van der Waals surface area contributed by atoms with Crippen LogP contribution in [0.2, 0.25) is 0 Å². The number of aliphatic hydroxyl groups excluding tert-OH is 1. The van der Waals surface area contributed by atoms with E-state index in [0.717, 1.165) is 27.6 Å². The minimum atomic E-state index is 0.0358. The number of nitrogens with one attached hydrogen (secondary N) is 1. The van der Waals surface area contributed by atoms with Crippen LogP contribution in [-0.2, 0) is 0 Å². The molecule has 0 atom stereocenters. The first-order valence-corrected chi connectivity index (χ1v) is 8.00. The van der Waals surface area contributed by atoms with Gasteiger partial charge in [0.25, 0.3) is 0 Å². The molecule has 0 aliphatic rings. The van der Waals surface area contributed by atoms with Crippen LogP contribution in [0.1, 0.15) is 5.56 Å². The van der Waals surface area contributed by atoms with Crippen LogP contribution in [0.5, 0.6) is 11.5 Å². The van der Waals surface area contributed by atoms with Crippen molar-refractivity contribution in [2.24, 2.45) is 0 Å². The summed E-state index contributed by atoms with van der Waals surface area (Å²) in [5.74, 6) is 2.08. The number of ether oxygens (including phenoxy) is 2. The quantitative estimate of drug-likeness (QED) is 0.719. The van der Waals surface area contributed by atoms with E-state index in [1.807, 2.05) is 31.2 Å². The van der Waals surface area contributed by atoms with Gasteiger partial charge in [-0.3, -0.25) is 0 Å². The number of fused-ring (bicyclic) bond motifs is 1. The monoisotopic (exact) mass is 339 g/mol. The Morgan fingerprint density at radius 1 is 1.08 bits per heavy atom. The fourth-order valence-electron chi connectivity index (χ4n) is 2.86. The van der Waals surface area contributed by atoms with Crippen LogP contribution >= 0.6 is 0 Å². The highest BCUT2D eigenvalue weighted by Gasteiger charge is 2.14. The summed E-state index contributed by atoms with van der Waals surface area (Å²) >= 11 is 0.